The zero-order chi connectivity index (χ0) is 17.1. The molecule has 7 heteroatoms. The molecule has 1 fully saturated rings. The number of sulfonamides is 1. The molecular weight excluding hydrogens is 318 g/mol. The van der Waals surface area contributed by atoms with Crippen LogP contribution in [0.25, 0.3) is 0 Å². The predicted octanol–water partition coefficient (Wildman–Crippen LogP) is 1.72. The number of carbonyl (C=O) groups is 1. The minimum atomic E-state index is -3.71. The van der Waals surface area contributed by atoms with Crippen molar-refractivity contribution in [2.45, 2.75) is 24.2 Å². The van der Waals surface area contributed by atoms with Crippen molar-refractivity contribution in [3.8, 4) is 0 Å². The lowest BCUT2D eigenvalue weighted by atomic mass is 9.79. The van der Waals surface area contributed by atoms with Crippen LogP contribution in [0.3, 0.4) is 0 Å². The molecule has 0 spiro atoms. The lowest BCUT2D eigenvalue weighted by Gasteiger charge is -2.40. The van der Waals surface area contributed by atoms with Crippen molar-refractivity contribution in [2.75, 3.05) is 19.7 Å². The molecule has 23 heavy (non-hydrogen) atoms. The lowest BCUT2D eigenvalue weighted by Crippen LogP contribution is -2.47. The Morgan fingerprint density at radius 3 is 2.52 bits per heavy atom. The van der Waals surface area contributed by atoms with E-state index in [2.05, 4.69) is 6.58 Å². The number of hydrogen-bond donors (Lipinski definition) is 2. The van der Waals surface area contributed by atoms with Gasteiger partial charge >= 0.3 is 5.97 Å². The molecule has 0 bridgehead atoms. The molecule has 2 rings (SSSR count). The summed E-state index contributed by atoms with van der Waals surface area (Å²) in [7, 11) is -3.71. The second-order valence-corrected chi connectivity index (χ2v) is 7.86. The standard InChI is InChI=1S/C16H21NO5S/c1-2-8-16(12-18)9-3-10-17(11-16)23(21,22)14-6-4-13(5-7-14)15(19)20/h2,4-7,18H,1,3,8-12H2,(H,19,20). The molecule has 1 aromatic rings. The van der Waals surface area contributed by atoms with Crippen LogP contribution in [0.1, 0.15) is 29.6 Å². The summed E-state index contributed by atoms with van der Waals surface area (Å²) in [6.07, 6.45) is 3.67. The molecule has 0 saturated carbocycles. The number of piperidine rings is 1. The number of allylic oxidation sites excluding steroid dienone is 1. The third-order valence-corrected chi connectivity index (χ3v) is 6.14. The van der Waals surface area contributed by atoms with Crippen molar-refractivity contribution in [1.82, 2.24) is 4.31 Å². The Labute approximate surface area is 136 Å². The monoisotopic (exact) mass is 339 g/mol. The fraction of sp³-hybridized carbons (Fsp3) is 0.438. The number of carboxylic acids is 1. The van der Waals surface area contributed by atoms with Gasteiger partial charge in [-0.3, -0.25) is 0 Å². The Kier molecular flexibility index (Phi) is 5.23. The van der Waals surface area contributed by atoms with Crippen molar-refractivity contribution in [3.63, 3.8) is 0 Å². The first-order chi connectivity index (χ1) is 10.8. The maximum absolute atomic E-state index is 12.7. The number of aliphatic hydroxyl groups excluding tert-OH is 1. The normalized spacial score (nSPS) is 22.7. The third kappa shape index (κ3) is 3.63. The molecule has 6 nitrogen and oxygen atoms in total. The third-order valence-electron chi connectivity index (χ3n) is 4.28. The average molecular weight is 339 g/mol. The van der Waals surface area contributed by atoms with Gasteiger partial charge in [-0.15, -0.1) is 6.58 Å². The number of hydrogen-bond acceptors (Lipinski definition) is 4. The minimum absolute atomic E-state index is 0.0407. The SMILES string of the molecule is C=CCC1(CO)CCCN(S(=O)(=O)c2ccc(C(=O)O)cc2)C1. The van der Waals surface area contributed by atoms with E-state index in [1.807, 2.05) is 0 Å². The lowest BCUT2D eigenvalue weighted by molar-refractivity contribution is 0.0669. The van der Waals surface area contributed by atoms with Crippen LogP contribution in [0.4, 0.5) is 0 Å². The molecule has 1 heterocycles. The second-order valence-electron chi connectivity index (χ2n) is 5.92. The van der Waals surface area contributed by atoms with E-state index in [1.54, 1.807) is 6.08 Å². The quantitative estimate of drug-likeness (QED) is 0.770. The summed E-state index contributed by atoms with van der Waals surface area (Å²) < 4.78 is 26.9. The van der Waals surface area contributed by atoms with Gasteiger partial charge in [-0.2, -0.15) is 4.31 Å². The van der Waals surface area contributed by atoms with Gasteiger partial charge in [-0.05, 0) is 43.5 Å². The number of carboxylic acid groups (broad SMARTS) is 1. The molecule has 1 unspecified atom stereocenters. The predicted molar refractivity (Wildman–Crippen MR) is 85.7 cm³/mol. The van der Waals surface area contributed by atoms with Gasteiger partial charge in [0.25, 0.3) is 0 Å². The molecule has 0 radical (unpaired) electrons. The van der Waals surface area contributed by atoms with E-state index < -0.39 is 21.4 Å². The fourth-order valence-corrected chi connectivity index (χ4v) is 4.54. The summed E-state index contributed by atoms with van der Waals surface area (Å²) in [5, 5.41) is 18.6. The molecule has 126 valence electrons. The molecule has 2 N–H and O–H groups in total. The molecule has 0 aliphatic carbocycles. The maximum atomic E-state index is 12.7. The average Bonchev–Trinajstić information content (AvgIpc) is 2.55. The molecule has 1 saturated heterocycles. The Hall–Kier alpha value is -1.70. The zero-order valence-electron chi connectivity index (χ0n) is 12.8. The first-order valence-electron chi connectivity index (χ1n) is 7.40. The zero-order valence-corrected chi connectivity index (χ0v) is 13.6. The van der Waals surface area contributed by atoms with Gasteiger partial charge in [0.15, 0.2) is 0 Å². The molecule has 0 amide bonds. The Balaban J connectivity index is 2.28. The summed E-state index contributed by atoms with van der Waals surface area (Å²) in [4.78, 5) is 10.9. The first kappa shape index (κ1) is 17.7. The number of nitrogens with zero attached hydrogens (tertiary/aromatic N) is 1. The Morgan fingerprint density at radius 1 is 1.35 bits per heavy atom. The van der Waals surface area contributed by atoms with Crippen LogP contribution in [0.15, 0.2) is 41.8 Å². The van der Waals surface area contributed by atoms with Gasteiger partial charge in [0.2, 0.25) is 10.0 Å². The van der Waals surface area contributed by atoms with Gasteiger partial charge in [0, 0.05) is 18.5 Å². The summed E-state index contributed by atoms with van der Waals surface area (Å²) in [5.41, 5.74) is -0.451. The number of benzene rings is 1. The van der Waals surface area contributed by atoms with Gasteiger partial charge in [0.1, 0.15) is 0 Å². The van der Waals surface area contributed by atoms with E-state index in [-0.39, 0.29) is 23.6 Å². The van der Waals surface area contributed by atoms with E-state index in [0.717, 1.165) is 6.42 Å². The minimum Gasteiger partial charge on any atom is -0.478 e. The molecule has 1 aliphatic rings. The van der Waals surface area contributed by atoms with E-state index >= 15 is 0 Å². The molecular formula is C16H21NO5S. The van der Waals surface area contributed by atoms with Crippen LogP contribution in [-0.2, 0) is 10.0 Å². The molecule has 1 aromatic carbocycles. The van der Waals surface area contributed by atoms with Crippen LogP contribution < -0.4 is 0 Å². The maximum Gasteiger partial charge on any atom is 0.335 e. The summed E-state index contributed by atoms with van der Waals surface area (Å²) >= 11 is 0. The van der Waals surface area contributed by atoms with Crippen molar-refractivity contribution in [1.29, 1.82) is 0 Å². The van der Waals surface area contributed by atoms with Gasteiger partial charge in [-0.25, -0.2) is 13.2 Å². The molecule has 0 aromatic heterocycles. The van der Waals surface area contributed by atoms with Crippen LogP contribution in [0.5, 0.6) is 0 Å². The number of rotatable bonds is 6. The van der Waals surface area contributed by atoms with Crippen molar-refractivity contribution in [2.24, 2.45) is 5.41 Å². The summed E-state index contributed by atoms with van der Waals surface area (Å²) in [6.45, 7) is 4.22. The van der Waals surface area contributed by atoms with Crippen LogP contribution in [-0.4, -0.2) is 48.6 Å². The van der Waals surface area contributed by atoms with Crippen LogP contribution in [0, 0.1) is 5.41 Å². The van der Waals surface area contributed by atoms with Crippen LogP contribution >= 0.6 is 0 Å². The van der Waals surface area contributed by atoms with Gasteiger partial charge < -0.3 is 10.2 Å². The van der Waals surface area contributed by atoms with Gasteiger partial charge in [0.05, 0.1) is 17.1 Å². The van der Waals surface area contributed by atoms with E-state index in [1.165, 1.54) is 28.6 Å². The van der Waals surface area contributed by atoms with Crippen molar-refractivity contribution >= 4 is 16.0 Å². The van der Waals surface area contributed by atoms with Gasteiger partial charge in [-0.1, -0.05) is 6.08 Å². The Bertz CT molecular complexity index is 683. The second kappa shape index (κ2) is 6.82. The molecule has 1 aliphatic heterocycles. The van der Waals surface area contributed by atoms with Crippen molar-refractivity contribution in [3.05, 3.63) is 42.5 Å². The topological polar surface area (TPSA) is 94.9 Å². The summed E-state index contributed by atoms with van der Waals surface area (Å²) in [6, 6.07) is 5.17. The van der Waals surface area contributed by atoms with E-state index in [0.29, 0.717) is 19.4 Å². The Morgan fingerprint density at radius 2 is 2.00 bits per heavy atom. The summed E-state index contributed by atoms with van der Waals surface area (Å²) in [5.74, 6) is -1.10. The highest BCUT2D eigenvalue weighted by Crippen LogP contribution is 2.35. The fourth-order valence-electron chi connectivity index (χ4n) is 2.95. The van der Waals surface area contributed by atoms with E-state index in [9.17, 15) is 18.3 Å². The molecule has 1 atom stereocenters. The first-order valence-corrected chi connectivity index (χ1v) is 8.84. The highest BCUT2D eigenvalue weighted by atomic mass is 32.2. The highest BCUT2D eigenvalue weighted by molar-refractivity contribution is 7.89. The number of aliphatic hydroxyl groups is 1. The highest BCUT2D eigenvalue weighted by Gasteiger charge is 2.39. The van der Waals surface area contributed by atoms with Crippen LogP contribution in [0.2, 0.25) is 0 Å². The van der Waals surface area contributed by atoms with Crippen molar-refractivity contribution < 1.29 is 23.4 Å². The number of aromatic carboxylic acids is 1. The smallest absolute Gasteiger partial charge is 0.335 e. The largest absolute Gasteiger partial charge is 0.478 e. The van der Waals surface area contributed by atoms with E-state index in [4.69, 9.17) is 5.11 Å².